The summed E-state index contributed by atoms with van der Waals surface area (Å²) in [5.74, 6) is 0.521. The smallest absolute Gasteiger partial charge is 0.148 e. The molecule has 1 unspecified atom stereocenters. The molecule has 110 valence electrons. The average Bonchev–Trinajstić information content (AvgIpc) is 2.91. The number of hydrogen-bond acceptors (Lipinski definition) is 2. The highest BCUT2D eigenvalue weighted by atomic mass is 32.2. The maximum atomic E-state index is 12.3. The summed E-state index contributed by atoms with van der Waals surface area (Å²) in [4.78, 5) is 12.8. The molecule has 3 heteroatoms. The standard InChI is InChI=1S/C17H24O2S/c1-17(2,3)14-8-10-15(11-9-14)20(19)12-16(18)13-6-4-5-7-13/h8-11,13H,4-7,12H2,1-3H3. The maximum Gasteiger partial charge on any atom is 0.148 e. The van der Waals surface area contributed by atoms with Gasteiger partial charge in [0.15, 0.2) is 0 Å². The van der Waals surface area contributed by atoms with Crippen LogP contribution in [0.25, 0.3) is 0 Å². The first-order valence-electron chi connectivity index (χ1n) is 7.39. The highest BCUT2D eigenvalue weighted by molar-refractivity contribution is 7.85. The van der Waals surface area contributed by atoms with Gasteiger partial charge in [-0.2, -0.15) is 0 Å². The summed E-state index contributed by atoms with van der Waals surface area (Å²) >= 11 is 0. The molecule has 1 atom stereocenters. The molecule has 1 aliphatic carbocycles. The number of ketones is 1. The van der Waals surface area contributed by atoms with Crippen LogP contribution in [0.3, 0.4) is 0 Å². The van der Waals surface area contributed by atoms with Gasteiger partial charge in [0.1, 0.15) is 5.78 Å². The van der Waals surface area contributed by atoms with Crippen LogP contribution >= 0.6 is 0 Å². The highest BCUT2D eigenvalue weighted by Crippen LogP contribution is 2.27. The maximum absolute atomic E-state index is 12.3. The summed E-state index contributed by atoms with van der Waals surface area (Å²) < 4.78 is 12.3. The van der Waals surface area contributed by atoms with Crippen LogP contribution in [0.5, 0.6) is 0 Å². The Balaban J connectivity index is 2.00. The number of carbonyl (C=O) groups excluding carboxylic acids is 1. The van der Waals surface area contributed by atoms with Gasteiger partial charge in [-0.15, -0.1) is 0 Å². The zero-order valence-electron chi connectivity index (χ0n) is 12.6. The first-order valence-corrected chi connectivity index (χ1v) is 8.71. The Bertz CT molecular complexity index is 491. The van der Waals surface area contributed by atoms with E-state index in [4.69, 9.17) is 0 Å². The van der Waals surface area contributed by atoms with E-state index in [9.17, 15) is 9.00 Å². The summed E-state index contributed by atoms with van der Waals surface area (Å²) in [5.41, 5.74) is 1.32. The quantitative estimate of drug-likeness (QED) is 0.844. The van der Waals surface area contributed by atoms with Gasteiger partial charge in [0, 0.05) is 10.8 Å². The molecule has 0 bridgehead atoms. The fraction of sp³-hybridized carbons (Fsp3) is 0.588. The second-order valence-electron chi connectivity index (χ2n) is 6.71. The average molecular weight is 292 g/mol. The molecule has 0 amide bonds. The Kier molecular flexibility index (Phi) is 4.79. The van der Waals surface area contributed by atoms with E-state index in [-0.39, 0.29) is 22.9 Å². The van der Waals surface area contributed by atoms with Gasteiger partial charge in [0.2, 0.25) is 0 Å². The van der Waals surface area contributed by atoms with Gasteiger partial charge in [-0.05, 0) is 36.0 Å². The van der Waals surface area contributed by atoms with Crippen molar-refractivity contribution in [1.82, 2.24) is 0 Å². The molecule has 1 aliphatic rings. The Hall–Kier alpha value is -0.960. The molecule has 1 aromatic rings. The van der Waals surface area contributed by atoms with Crippen molar-refractivity contribution in [2.75, 3.05) is 5.75 Å². The van der Waals surface area contributed by atoms with Crippen LogP contribution in [-0.2, 0) is 21.0 Å². The first kappa shape index (κ1) is 15.4. The molecule has 2 nitrogen and oxygen atoms in total. The van der Waals surface area contributed by atoms with Crippen LogP contribution in [0.4, 0.5) is 0 Å². The van der Waals surface area contributed by atoms with Gasteiger partial charge in [0.05, 0.1) is 16.6 Å². The second kappa shape index (κ2) is 6.21. The summed E-state index contributed by atoms with van der Waals surface area (Å²) in [5, 5.41) is 0. The molecular weight excluding hydrogens is 268 g/mol. The van der Waals surface area contributed by atoms with E-state index in [1.165, 1.54) is 5.56 Å². The van der Waals surface area contributed by atoms with E-state index in [1.54, 1.807) is 0 Å². The molecule has 0 N–H and O–H groups in total. The zero-order chi connectivity index (χ0) is 14.8. The minimum atomic E-state index is -1.19. The SMILES string of the molecule is CC(C)(C)c1ccc(S(=O)CC(=O)C2CCCC2)cc1. The molecule has 1 fully saturated rings. The predicted molar refractivity (Wildman–Crippen MR) is 83.4 cm³/mol. The number of hydrogen-bond donors (Lipinski definition) is 0. The third kappa shape index (κ3) is 3.78. The third-order valence-corrected chi connectivity index (χ3v) is 5.41. The van der Waals surface area contributed by atoms with E-state index in [1.807, 2.05) is 24.3 Å². The molecule has 0 heterocycles. The van der Waals surface area contributed by atoms with E-state index in [0.717, 1.165) is 30.6 Å². The van der Waals surface area contributed by atoms with Crippen LogP contribution in [-0.4, -0.2) is 15.7 Å². The lowest BCUT2D eigenvalue weighted by Gasteiger charge is -2.19. The van der Waals surface area contributed by atoms with Crippen molar-refractivity contribution in [3.8, 4) is 0 Å². The lowest BCUT2D eigenvalue weighted by molar-refractivity contribution is -0.120. The number of Topliss-reactive ketones (excluding diaryl/α,β-unsaturated/α-hetero) is 1. The Labute approximate surface area is 124 Å². The largest absolute Gasteiger partial charge is 0.298 e. The molecule has 1 saturated carbocycles. The summed E-state index contributed by atoms with van der Waals surface area (Å²) in [7, 11) is -1.19. The Morgan fingerprint density at radius 1 is 1.15 bits per heavy atom. The van der Waals surface area contributed by atoms with Crippen molar-refractivity contribution < 1.29 is 9.00 Å². The number of benzene rings is 1. The van der Waals surface area contributed by atoms with E-state index < -0.39 is 10.8 Å². The molecule has 0 radical (unpaired) electrons. The van der Waals surface area contributed by atoms with Gasteiger partial charge < -0.3 is 0 Å². The van der Waals surface area contributed by atoms with Crippen LogP contribution < -0.4 is 0 Å². The minimum Gasteiger partial charge on any atom is -0.298 e. The predicted octanol–water partition coefficient (Wildman–Crippen LogP) is 3.85. The molecule has 1 aromatic carbocycles. The van der Waals surface area contributed by atoms with Crippen molar-refractivity contribution in [3.05, 3.63) is 29.8 Å². The van der Waals surface area contributed by atoms with Gasteiger partial charge in [-0.1, -0.05) is 45.7 Å². The van der Waals surface area contributed by atoms with Gasteiger partial charge in [-0.25, -0.2) is 0 Å². The molecule has 0 saturated heterocycles. The second-order valence-corrected chi connectivity index (χ2v) is 8.16. The summed E-state index contributed by atoms with van der Waals surface area (Å²) in [6, 6.07) is 7.85. The molecule has 0 aromatic heterocycles. The fourth-order valence-corrected chi connectivity index (χ4v) is 3.79. The Morgan fingerprint density at radius 2 is 1.70 bits per heavy atom. The van der Waals surface area contributed by atoms with E-state index >= 15 is 0 Å². The molecule has 20 heavy (non-hydrogen) atoms. The van der Waals surface area contributed by atoms with Crippen molar-refractivity contribution in [3.63, 3.8) is 0 Å². The lowest BCUT2D eigenvalue weighted by Crippen LogP contribution is -2.18. The number of carbonyl (C=O) groups is 1. The topological polar surface area (TPSA) is 34.1 Å². The molecule has 2 rings (SSSR count). The van der Waals surface area contributed by atoms with Crippen LogP contribution in [0.15, 0.2) is 29.2 Å². The van der Waals surface area contributed by atoms with E-state index in [0.29, 0.717) is 0 Å². The highest BCUT2D eigenvalue weighted by Gasteiger charge is 2.24. The van der Waals surface area contributed by atoms with Crippen molar-refractivity contribution in [2.45, 2.75) is 56.8 Å². The lowest BCUT2D eigenvalue weighted by atomic mass is 9.87. The Morgan fingerprint density at radius 3 is 2.20 bits per heavy atom. The minimum absolute atomic E-state index is 0.0969. The summed E-state index contributed by atoms with van der Waals surface area (Å²) in [6.45, 7) is 6.47. The van der Waals surface area contributed by atoms with Crippen LogP contribution in [0.2, 0.25) is 0 Å². The monoisotopic (exact) mass is 292 g/mol. The zero-order valence-corrected chi connectivity index (χ0v) is 13.5. The van der Waals surface area contributed by atoms with Crippen molar-refractivity contribution in [2.24, 2.45) is 5.92 Å². The first-order chi connectivity index (χ1) is 9.38. The van der Waals surface area contributed by atoms with Crippen LogP contribution in [0, 0.1) is 5.92 Å². The van der Waals surface area contributed by atoms with Crippen molar-refractivity contribution >= 4 is 16.6 Å². The van der Waals surface area contributed by atoms with E-state index in [2.05, 4.69) is 20.8 Å². The normalized spacial score (nSPS) is 18.1. The summed E-state index contributed by atoms with van der Waals surface area (Å²) in [6.07, 6.45) is 4.25. The van der Waals surface area contributed by atoms with Gasteiger partial charge in [0.25, 0.3) is 0 Å². The van der Waals surface area contributed by atoms with Crippen LogP contribution in [0.1, 0.15) is 52.0 Å². The molecule has 0 spiro atoms. The third-order valence-electron chi connectivity index (χ3n) is 4.07. The van der Waals surface area contributed by atoms with Gasteiger partial charge >= 0.3 is 0 Å². The van der Waals surface area contributed by atoms with Crippen molar-refractivity contribution in [1.29, 1.82) is 0 Å². The fourth-order valence-electron chi connectivity index (χ4n) is 2.68. The molecule has 0 aliphatic heterocycles. The van der Waals surface area contributed by atoms with Gasteiger partial charge in [-0.3, -0.25) is 9.00 Å². The number of rotatable bonds is 4. The molecular formula is C17H24O2S.